The quantitative estimate of drug-likeness (QED) is 0.0822. The third kappa shape index (κ3) is 7.56. The molecular formula is C29H26N2O7S. The predicted molar refractivity (Wildman–Crippen MR) is 145 cm³/mol. The van der Waals surface area contributed by atoms with Gasteiger partial charge in [0.2, 0.25) is 0 Å². The summed E-state index contributed by atoms with van der Waals surface area (Å²) >= 11 is 0. The van der Waals surface area contributed by atoms with Gasteiger partial charge in [0.25, 0.3) is 10.1 Å². The average molecular weight is 547 g/mol. The summed E-state index contributed by atoms with van der Waals surface area (Å²) in [6, 6.07) is 21.6. The number of carbonyl (C=O) groups excluding carboxylic acids is 2. The van der Waals surface area contributed by atoms with Gasteiger partial charge >= 0.3 is 5.97 Å². The summed E-state index contributed by atoms with van der Waals surface area (Å²) in [5.74, 6) is -0.593. The maximum Gasteiger partial charge on any atom is 0.338 e. The molecule has 0 aliphatic heterocycles. The summed E-state index contributed by atoms with van der Waals surface area (Å²) in [6.45, 7) is 1.41. The molecule has 0 aliphatic rings. The largest absolute Gasteiger partial charge is 0.462 e. The van der Waals surface area contributed by atoms with E-state index >= 15 is 0 Å². The number of hydrogen-bond acceptors (Lipinski definition) is 9. The van der Waals surface area contributed by atoms with Gasteiger partial charge in [-0.25, -0.2) is 4.79 Å². The lowest BCUT2D eigenvalue weighted by Gasteiger charge is -2.15. The first kappa shape index (κ1) is 27.6. The molecule has 0 saturated carbocycles. The Bertz CT molecular complexity index is 1560. The van der Waals surface area contributed by atoms with Gasteiger partial charge in [-0.3, -0.25) is 14.0 Å². The fourth-order valence-electron chi connectivity index (χ4n) is 3.57. The lowest BCUT2D eigenvalue weighted by molar-refractivity contribution is 0.00284. The number of pyridine rings is 1. The normalized spacial score (nSPS) is 12.3. The van der Waals surface area contributed by atoms with Crippen LogP contribution >= 0.6 is 0 Å². The number of hydrogen-bond donors (Lipinski definition) is 0. The van der Waals surface area contributed by atoms with Gasteiger partial charge in [-0.15, -0.1) is 0 Å². The number of ether oxygens (including phenoxy) is 1. The molecule has 0 bridgehead atoms. The van der Waals surface area contributed by atoms with Crippen LogP contribution in [-0.2, 0) is 23.9 Å². The fourth-order valence-corrected chi connectivity index (χ4v) is 4.51. The molecule has 4 rings (SSSR count). The van der Waals surface area contributed by atoms with Gasteiger partial charge in [0.1, 0.15) is 12.9 Å². The van der Waals surface area contributed by atoms with Crippen molar-refractivity contribution in [3.63, 3.8) is 0 Å². The van der Waals surface area contributed by atoms with Crippen LogP contribution in [0.15, 0.2) is 95.1 Å². The molecular weight excluding hydrogens is 520 g/mol. The summed E-state index contributed by atoms with van der Waals surface area (Å²) in [5.41, 5.74) is 3.07. The van der Waals surface area contributed by atoms with E-state index in [4.69, 9.17) is 13.8 Å². The molecule has 3 aromatic carbocycles. The fraction of sp³-hybridized carbons (Fsp3) is 0.172. The molecule has 0 saturated heterocycles. The van der Waals surface area contributed by atoms with Crippen LogP contribution in [0.1, 0.15) is 38.3 Å². The Morgan fingerprint density at radius 2 is 1.74 bits per heavy atom. The first-order valence-corrected chi connectivity index (χ1v) is 13.5. The van der Waals surface area contributed by atoms with Crippen LogP contribution in [0.25, 0.3) is 10.9 Å². The summed E-state index contributed by atoms with van der Waals surface area (Å²) in [6.07, 6.45) is 3.09. The number of nitrogens with zero attached hydrogens (tertiary/aromatic N) is 2. The minimum atomic E-state index is -4.05. The highest BCUT2D eigenvalue weighted by atomic mass is 32.2. The van der Waals surface area contributed by atoms with Gasteiger partial charge in [-0.1, -0.05) is 59.3 Å². The lowest BCUT2D eigenvalue weighted by atomic mass is 10.1. The zero-order valence-corrected chi connectivity index (χ0v) is 21.9. The van der Waals surface area contributed by atoms with Gasteiger partial charge in [-0.2, -0.15) is 8.42 Å². The van der Waals surface area contributed by atoms with Crippen molar-refractivity contribution in [2.75, 3.05) is 13.2 Å². The lowest BCUT2D eigenvalue weighted by Crippen LogP contribution is -2.23. The minimum Gasteiger partial charge on any atom is -0.462 e. The van der Waals surface area contributed by atoms with Gasteiger partial charge in [0.05, 0.1) is 28.8 Å². The molecule has 1 aromatic heterocycles. The molecule has 200 valence electrons. The van der Waals surface area contributed by atoms with E-state index in [1.54, 1.807) is 18.3 Å². The predicted octanol–water partition coefficient (Wildman–Crippen LogP) is 4.73. The minimum absolute atomic E-state index is 0.0161. The van der Waals surface area contributed by atoms with E-state index in [2.05, 4.69) is 10.1 Å². The molecule has 1 heterocycles. The molecule has 1 unspecified atom stereocenters. The average Bonchev–Trinajstić information content (AvgIpc) is 2.96. The zero-order valence-electron chi connectivity index (χ0n) is 21.1. The van der Waals surface area contributed by atoms with Crippen LogP contribution in [0.5, 0.6) is 0 Å². The van der Waals surface area contributed by atoms with Crippen LogP contribution in [0, 0.1) is 6.92 Å². The Labute approximate surface area is 226 Å². The third-order valence-corrected chi connectivity index (χ3v) is 7.04. The number of para-hydroxylation sites is 1. The summed E-state index contributed by atoms with van der Waals surface area (Å²) in [5, 5.41) is 4.97. The van der Waals surface area contributed by atoms with Crippen LogP contribution in [0.2, 0.25) is 0 Å². The van der Waals surface area contributed by atoms with E-state index in [0.717, 1.165) is 16.5 Å². The molecule has 1 atom stereocenters. The molecule has 9 nitrogen and oxygen atoms in total. The highest BCUT2D eigenvalue weighted by molar-refractivity contribution is 7.86. The van der Waals surface area contributed by atoms with Crippen molar-refractivity contribution >= 4 is 39.5 Å². The SMILES string of the molecule is Cc1ccc(S(=O)(=O)OCC(CCOC(=O)c2ccc(C=O)cc2)O/N=C/c2cccc3cccnc23)cc1. The van der Waals surface area contributed by atoms with Crippen molar-refractivity contribution in [1.29, 1.82) is 0 Å². The Morgan fingerprint density at radius 3 is 2.49 bits per heavy atom. The van der Waals surface area contributed by atoms with Gasteiger partial charge < -0.3 is 9.57 Å². The maximum absolute atomic E-state index is 12.7. The van der Waals surface area contributed by atoms with Crippen LogP contribution in [0.3, 0.4) is 0 Å². The number of carbonyl (C=O) groups is 2. The highest BCUT2D eigenvalue weighted by Crippen LogP contribution is 2.17. The first-order chi connectivity index (χ1) is 18.9. The Kier molecular flexibility index (Phi) is 9.14. The van der Waals surface area contributed by atoms with Crippen molar-refractivity contribution in [2.24, 2.45) is 5.16 Å². The molecule has 10 heteroatoms. The number of oxime groups is 1. The molecule has 4 aromatic rings. The topological polar surface area (TPSA) is 121 Å². The van der Waals surface area contributed by atoms with E-state index in [1.807, 2.05) is 37.3 Å². The van der Waals surface area contributed by atoms with Crippen LogP contribution in [-0.4, -0.2) is 51.2 Å². The Balaban J connectivity index is 1.43. The maximum atomic E-state index is 12.7. The van der Waals surface area contributed by atoms with E-state index in [1.165, 1.54) is 42.6 Å². The second-order valence-corrected chi connectivity index (χ2v) is 10.2. The van der Waals surface area contributed by atoms with Crippen molar-refractivity contribution in [3.8, 4) is 0 Å². The number of fused-ring (bicyclic) bond motifs is 1. The number of aryl methyl sites for hydroxylation is 1. The first-order valence-electron chi connectivity index (χ1n) is 12.1. The molecule has 0 radical (unpaired) electrons. The molecule has 0 spiro atoms. The van der Waals surface area contributed by atoms with Crippen LogP contribution in [0.4, 0.5) is 0 Å². The van der Waals surface area contributed by atoms with Crippen molar-refractivity contribution in [1.82, 2.24) is 4.98 Å². The van der Waals surface area contributed by atoms with E-state index in [9.17, 15) is 18.0 Å². The standard InChI is InChI=1S/C29H26N2O7S/c1-21-7-13-27(14-8-21)39(34,35)37-20-26(15-17-36-29(33)24-11-9-22(19-32)10-12-24)38-31-18-25-5-2-4-23-6-3-16-30-28(23)25/h2-14,16,18-19,26H,15,17,20H2,1H3/b31-18+. The second-order valence-electron chi connectivity index (χ2n) is 8.60. The number of rotatable bonds is 12. The van der Waals surface area contributed by atoms with Crippen molar-refractivity contribution < 1.29 is 31.8 Å². The van der Waals surface area contributed by atoms with Crippen molar-refractivity contribution in [2.45, 2.75) is 24.3 Å². The summed E-state index contributed by atoms with van der Waals surface area (Å²) in [4.78, 5) is 33.1. The summed E-state index contributed by atoms with van der Waals surface area (Å²) < 4.78 is 35.9. The smallest absolute Gasteiger partial charge is 0.338 e. The number of aldehydes is 1. The second kappa shape index (κ2) is 12.9. The number of esters is 1. The molecule has 0 N–H and O–H groups in total. The molecule has 0 aliphatic carbocycles. The Morgan fingerprint density at radius 1 is 1.00 bits per heavy atom. The number of aromatic nitrogens is 1. The third-order valence-electron chi connectivity index (χ3n) is 5.74. The van der Waals surface area contributed by atoms with Gasteiger partial charge in [0, 0.05) is 29.1 Å². The number of benzene rings is 3. The monoisotopic (exact) mass is 546 g/mol. The van der Waals surface area contributed by atoms with E-state index < -0.39 is 22.2 Å². The van der Waals surface area contributed by atoms with E-state index in [0.29, 0.717) is 17.4 Å². The van der Waals surface area contributed by atoms with Gasteiger partial charge in [-0.05, 0) is 37.3 Å². The van der Waals surface area contributed by atoms with Crippen LogP contribution < -0.4 is 0 Å². The molecule has 39 heavy (non-hydrogen) atoms. The summed E-state index contributed by atoms with van der Waals surface area (Å²) in [7, 11) is -4.05. The van der Waals surface area contributed by atoms with Gasteiger partial charge in [0.15, 0.2) is 6.10 Å². The van der Waals surface area contributed by atoms with Crippen molar-refractivity contribution in [3.05, 3.63) is 107 Å². The molecule has 0 amide bonds. The zero-order chi connectivity index (χ0) is 27.7. The van der Waals surface area contributed by atoms with E-state index in [-0.39, 0.29) is 30.1 Å². The highest BCUT2D eigenvalue weighted by Gasteiger charge is 2.20. The molecule has 0 fully saturated rings. The Hall–Kier alpha value is -4.41.